The van der Waals surface area contributed by atoms with Crippen molar-refractivity contribution in [1.82, 2.24) is 9.78 Å². The minimum atomic E-state index is -0.549. The van der Waals surface area contributed by atoms with Crippen LogP contribution >= 0.6 is 0 Å². The Balaban J connectivity index is 1.60. The molecule has 0 spiro atoms. The predicted octanol–water partition coefficient (Wildman–Crippen LogP) is 3.60. The Kier molecular flexibility index (Phi) is 4.97. The molecular weight excluding hydrogens is 384 g/mol. The second kappa shape index (κ2) is 7.75. The van der Waals surface area contributed by atoms with E-state index >= 15 is 0 Å². The van der Waals surface area contributed by atoms with Gasteiger partial charge in [0.05, 0.1) is 5.69 Å². The van der Waals surface area contributed by atoms with Crippen molar-refractivity contribution in [3.8, 4) is 22.8 Å². The summed E-state index contributed by atoms with van der Waals surface area (Å²) in [7, 11) is 0. The first-order valence-corrected chi connectivity index (χ1v) is 9.31. The number of nitrogens with one attached hydrogen (secondary N) is 1. The van der Waals surface area contributed by atoms with Crippen molar-refractivity contribution in [2.24, 2.45) is 0 Å². The molecule has 0 radical (unpaired) electrons. The zero-order valence-electron chi connectivity index (χ0n) is 16.5. The molecule has 0 unspecified atom stereocenters. The molecule has 4 aromatic rings. The number of amides is 1. The topological polar surface area (TPSA) is 116 Å². The molecule has 0 saturated carbocycles. The van der Waals surface area contributed by atoms with Gasteiger partial charge in [-0.05, 0) is 56.3 Å². The van der Waals surface area contributed by atoms with Crippen LogP contribution in [0.4, 0.5) is 11.4 Å². The first-order chi connectivity index (χ1) is 14.4. The second-order valence-corrected chi connectivity index (χ2v) is 6.86. The number of anilines is 2. The van der Waals surface area contributed by atoms with Gasteiger partial charge in [-0.25, -0.2) is 4.68 Å². The van der Waals surface area contributed by atoms with Crippen molar-refractivity contribution in [3.63, 3.8) is 0 Å². The Morgan fingerprint density at radius 3 is 2.37 bits per heavy atom. The Labute approximate surface area is 171 Å². The molecule has 1 amide bonds. The van der Waals surface area contributed by atoms with Crippen LogP contribution in [0.2, 0.25) is 0 Å². The van der Waals surface area contributed by atoms with E-state index < -0.39 is 11.5 Å². The van der Waals surface area contributed by atoms with E-state index in [1.165, 1.54) is 6.07 Å². The molecule has 3 heterocycles. The Hall–Kier alpha value is -4.07. The number of aryl methyl sites for hydroxylation is 2. The van der Waals surface area contributed by atoms with Crippen LogP contribution in [0.5, 0.6) is 0 Å². The van der Waals surface area contributed by atoms with Gasteiger partial charge < -0.3 is 19.9 Å². The highest BCUT2D eigenvalue weighted by molar-refractivity contribution is 5.94. The molecule has 1 aromatic carbocycles. The van der Waals surface area contributed by atoms with E-state index in [2.05, 4.69) is 10.4 Å². The Bertz CT molecular complexity index is 1280. The summed E-state index contributed by atoms with van der Waals surface area (Å²) in [6.07, 6.45) is 0. The summed E-state index contributed by atoms with van der Waals surface area (Å²) in [6, 6.07) is 15.9. The number of nitrogen functional groups attached to an aromatic ring is 1. The van der Waals surface area contributed by atoms with Gasteiger partial charge in [0.1, 0.15) is 35.2 Å². The summed E-state index contributed by atoms with van der Waals surface area (Å²) >= 11 is 0. The number of benzene rings is 1. The third-order valence-electron chi connectivity index (χ3n) is 4.50. The number of hydrogen-bond acceptors (Lipinski definition) is 6. The molecule has 0 bridgehead atoms. The number of furan rings is 2. The molecule has 4 rings (SSSR count). The van der Waals surface area contributed by atoms with Crippen molar-refractivity contribution < 1.29 is 13.6 Å². The van der Waals surface area contributed by atoms with Crippen LogP contribution in [0.15, 0.2) is 68.2 Å². The summed E-state index contributed by atoms with van der Waals surface area (Å²) in [5, 5.41) is 7.05. The minimum absolute atomic E-state index is 0.0201. The molecule has 0 atom stereocenters. The van der Waals surface area contributed by atoms with Gasteiger partial charge in [0, 0.05) is 5.56 Å². The van der Waals surface area contributed by atoms with Gasteiger partial charge in [0.15, 0.2) is 5.76 Å². The van der Waals surface area contributed by atoms with Gasteiger partial charge in [-0.2, -0.15) is 5.10 Å². The number of hydrogen-bond donors (Lipinski definition) is 2. The first-order valence-electron chi connectivity index (χ1n) is 9.31. The summed E-state index contributed by atoms with van der Waals surface area (Å²) in [5.41, 5.74) is 6.94. The number of para-hydroxylation sites is 1. The summed E-state index contributed by atoms with van der Waals surface area (Å²) in [6.45, 7) is 3.34. The lowest BCUT2D eigenvalue weighted by Gasteiger charge is -2.11. The lowest BCUT2D eigenvalue weighted by atomic mass is 10.1. The SMILES string of the molecule is Cc1ccc(-c2cc(N)c(=O)n(CC(=O)Nc3ccccc3-c3ccc(C)o3)n2)o1. The maximum atomic E-state index is 12.7. The molecule has 0 saturated heterocycles. The standard InChI is InChI=1S/C22H20N4O4/c1-13-7-9-19(29-13)15-5-3-4-6-17(15)24-21(27)12-26-22(28)16(23)11-18(25-26)20-10-8-14(2)30-20/h3-11H,12,23H2,1-2H3,(H,24,27). The maximum absolute atomic E-state index is 12.7. The zero-order chi connectivity index (χ0) is 21.3. The molecular formula is C22H20N4O4. The lowest BCUT2D eigenvalue weighted by Crippen LogP contribution is -2.31. The fourth-order valence-electron chi connectivity index (χ4n) is 3.07. The molecule has 0 aliphatic rings. The smallest absolute Gasteiger partial charge is 0.290 e. The largest absolute Gasteiger partial charge is 0.461 e. The van der Waals surface area contributed by atoms with Crippen LogP contribution in [-0.4, -0.2) is 15.7 Å². The minimum Gasteiger partial charge on any atom is -0.461 e. The van der Waals surface area contributed by atoms with Crippen LogP contribution in [0.3, 0.4) is 0 Å². The van der Waals surface area contributed by atoms with Gasteiger partial charge in [-0.15, -0.1) is 0 Å². The monoisotopic (exact) mass is 404 g/mol. The predicted molar refractivity (Wildman–Crippen MR) is 113 cm³/mol. The fourth-order valence-corrected chi connectivity index (χ4v) is 3.07. The maximum Gasteiger partial charge on any atom is 0.290 e. The van der Waals surface area contributed by atoms with E-state index in [0.717, 1.165) is 16.0 Å². The van der Waals surface area contributed by atoms with Gasteiger partial charge in [-0.3, -0.25) is 9.59 Å². The van der Waals surface area contributed by atoms with Crippen LogP contribution in [0, 0.1) is 13.8 Å². The second-order valence-electron chi connectivity index (χ2n) is 6.86. The van der Waals surface area contributed by atoms with E-state index in [1.54, 1.807) is 31.2 Å². The van der Waals surface area contributed by atoms with Crippen molar-refractivity contribution in [2.75, 3.05) is 11.1 Å². The molecule has 0 fully saturated rings. The quantitative estimate of drug-likeness (QED) is 0.525. The fraction of sp³-hybridized carbons (Fsp3) is 0.136. The summed E-state index contributed by atoms with van der Waals surface area (Å²) in [5.74, 6) is 2.14. The van der Waals surface area contributed by atoms with E-state index in [-0.39, 0.29) is 12.2 Å². The highest BCUT2D eigenvalue weighted by atomic mass is 16.3. The molecule has 0 aliphatic heterocycles. The van der Waals surface area contributed by atoms with Gasteiger partial charge in [0.2, 0.25) is 5.91 Å². The first kappa shape index (κ1) is 19.3. The van der Waals surface area contributed by atoms with Crippen molar-refractivity contribution in [2.45, 2.75) is 20.4 Å². The van der Waals surface area contributed by atoms with Crippen LogP contribution < -0.4 is 16.6 Å². The van der Waals surface area contributed by atoms with Gasteiger partial charge in [0.25, 0.3) is 5.56 Å². The van der Waals surface area contributed by atoms with E-state index in [1.807, 2.05) is 31.2 Å². The van der Waals surface area contributed by atoms with Crippen molar-refractivity contribution >= 4 is 17.3 Å². The molecule has 3 N–H and O–H groups in total. The molecule has 0 aliphatic carbocycles. The van der Waals surface area contributed by atoms with Crippen LogP contribution in [-0.2, 0) is 11.3 Å². The number of carbonyl (C=O) groups excluding carboxylic acids is 1. The van der Waals surface area contributed by atoms with E-state index in [9.17, 15) is 9.59 Å². The zero-order valence-corrected chi connectivity index (χ0v) is 16.5. The molecule has 3 aromatic heterocycles. The number of carbonyl (C=O) groups is 1. The van der Waals surface area contributed by atoms with E-state index in [0.29, 0.717) is 28.7 Å². The number of rotatable bonds is 5. The summed E-state index contributed by atoms with van der Waals surface area (Å²) in [4.78, 5) is 25.1. The Morgan fingerprint density at radius 2 is 1.70 bits per heavy atom. The lowest BCUT2D eigenvalue weighted by molar-refractivity contribution is -0.117. The van der Waals surface area contributed by atoms with Crippen molar-refractivity contribution in [1.29, 1.82) is 0 Å². The van der Waals surface area contributed by atoms with Gasteiger partial charge >= 0.3 is 0 Å². The third kappa shape index (κ3) is 3.88. The summed E-state index contributed by atoms with van der Waals surface area (Å²) < 4.78 is 12.2. The average Bonchev–Trinajstić information content (AvgIpc) is 3.34. The average molecular weight is 404 g/mol. The highest BCUT2D eigenvalue weighted by Gasteiger charge is 2.15. The molecule has 152 valence electrons. The molecule has 8 nitrogen and oxygen atoms in total. The van der Waals surface area contributed by atoms with E-state index in [4.69, 9.17) is 14.6 Å². The molecule has 8 heteroatoms. The Morgan fingerprint density at radius 1 is 1.03 bits per heavy atom. The third-order valence-corrected chi connectivity index (χ3v) is 4.50. The van der Waals surface area contributed by atoms with Crippen molar-refractivity contribution in [3.05, 3.63) is 76.5 Å². The highest BCUT2D eigenvalue weighted by Crippen LogP contribution is 2.29. The number of nitrogens with two attached hydrogens (primary N) is 1. The van der Waals surface area contributed by atoms with Crippen LogP contribution in [0.1, 0.15) is 11.5 Å². The van der Waals surface area contributed by atoms with Gasteiger partial charge in [-0.1, -0.05) is 12.1 Å². The molecule has 30 heavy (non-hydrogen) atoms. The normalized spacial score (nSPS) is 10.9. The number of nitrogens with zero attached hydrogens (tertiary/aromatic N) is 2. The number of aromatic nitrogens is 2. The van der Waals surface area contributed by atoms with Crippen LogP contribution in [0.25, 0.3) is 22.8 Å².